The maximum Gasteiger partial charge on any atom is 0.123 e. The molecule has 1 aromatic rings. The first kappa shape index (κ1) is 17.3. The van der Waals surface area contributed by atoms with Gasteiger partial charge in [-0.05, 0) is 45.2 Å². The predicted molar refractivity (Wildman–Crippen MR) is 86.5 cm³/mol. The van der Waals surface area contributed by atoms with Crippen molar-refractivity contribution in [2.45, 2.75) is 39.3 Å². The second kappa shape index (κ2) is 8.50. The van der Waals surface area contributed by atoms with Gasteiger partial charge in [0.1, 0.15) is 5.75 Å². The Bertz CT molecular complexity index is 398. The number of ether oxygens (including phenoxy) is 1. The monoisotopic (exact) mass is 298 g/mol. The highest BCUT2D eigenvalue weighted by atomic mass is 35.5. The molecule has 1 fully saturated rings. The van der Waals surface area contributed by atoms with Gasteiger partial charge in [0.05, 0.1) is 6.61 Å². The third-order valence-electron chi connectivity index (χ3n) is 3.95. The van der Waals surface area contributed by atoms with Crippen LogP contribution in [0.4, 0.5) is 0 Å². The molecule has 1 aromatic carbocycles. The highest BCUT2D eigenvalue weighted by Crippen LogP contribution is 2.24. The van der Waals surface area contributed by atoms with E-state index >= 15 is 0 Å². The molecule has 0 radical (unpaired) electrons. The van der Waals surface area contributed by atoms with Crippen molar-refractivity contribution >= 4 is 12.4 Å². The number of likely N-dealkylation sites (tertiary alicyclic amines) is 1. The molecule has 1 aliphatic heterocycles. The third kappa shape index (κ3) is 4.65. The minimum Gasteiger partial charge on any atom is -0.494 e. The summed E-state index contributed by atoms with van der Waals surface area (Å²) in [6, 6.07) is 8.65. The van der Waals surface area contributed by atoms with Gasteiger partial charge in [0, 0.05) is 24.7 Å². The van der Waals surface area contributed by atoms with Crippen molar-refractivity contribution in [2.24, 2.45) is 11.7 Å². The number of para-hydroxylation sites is 1. The summed E-state index contributed by atoms with van der Waals surface area (Å²) in [4.78, 5) is 2.51. The molecule has 1 heterocycles. The summed E-state index contributed by atoms with van der Waals surface area (Å²) in [6.45, 7) is 8.13. The van der Waals surface area contributed by atoms with Crippen LogP contribution in [0.5, 0.6) is 5.75 Å². The molecule has 1 saturated heterocycles. The van der Waals surface area contributed by atoms with Crippen LogP contribution in [0.1, 0.15) is 32.3 Å². The Balaban J connectivity index is 0.00000200. The second-order valence-electron chi connectivity index (χ2n) is 5.54. The molecule has 2 unspecified atom stereocenters. The van der Waals surface area contributed by atoms with Gasteiger partial charge in [-0.25, -0.2) is 0 Å². The van der Waals surface area contributed by atoms with E-state index in [1.165, 1.54) is 24.9 Å². The Morgan fingerprint density at radius 1 is 1.40 bits per heavy atom. The highest BCUT2D eigenvalue weighted by molar-refractivity contribution is 5.85. The van der Waals surface area contributed by atoms with Crippen LogP contribution < -0.4 is 10.5 Å². The normalized spacial score (nSPS) is 21.1. The molecule has 0 bridgehead atoms. The van der Waals surface area contributed by atoms with E-state index in [9.17, 15) is 0 Å². The number of rotatable bonds is 5. The first-order valence-electron chi connectivity index (χ1n) is 7.39. The standard InChI is InChI=1S/C16H26N2O.ClH/c1-3-19-16-9-5-4-7-15(16)12-18-10-6-8-14(11-18)13(2)17;/h4-5,7,9,13-14H,3,6,8,10-12,17H2,1-2H3;1H. The number of halogens is 1. The fraction of sp³-hybridized carbons (Fsp3) is 0.625. The Labute approximate surface area is 128 Å². The molecule has 0 aliphatic carbocycles. The average Bonchev–Trinajstić information content (AvgIpc) is 2.41. The van der Waals surface area contributed by atoms with Gasteiger partial charge in [-0.2, -0.15) is 0 Å². The lowest BCUT2D eigenvalue weighted by atomic mass is 9.92. The molecule has 0 amide bonds. The highest BCUT2D eigenvalue weighted by Gasteiger charge is 2.23. The number of benzene rings is 1. The van der Waals surface area contributed by atoms with Crippen LogP contribution in [0, 0.1) is 5.92 Å². The van der Waals surface area contributed by atoms with E-state index in [1.54, 1.807) is 0 Å². The van der Waals surface area contributed by atoms with E-state index in [-0.39, 0.29) is 12.4 Å². The number of nitrogens with zero attached hydrogens (tertiary/aromatic N) is 1. The van der Waals surface area contributed by atoms with Crippen LogP contribution in [-0.4, -0.2) is 30.6 Å². The van der Waals surface area contributed by atoms with Crippen molar-refractivity contribution in [3.63, 3.8) is 0 Å². The Morgan fingerprint density at radius 3 is 2.85 bits per heavy atom. The lowest BCUT2D eigenvalue weighted by Gasteiger charge is -2.34. The Morgan fingerprint density at radius 2 is 2.15 bits per heavy atom. The molecule has 2 N–H and O–H groups in total. The smallest absolute Gasteiger partial charge is 0.123 e. The fourth-order valence-corrected chi connectivity index (χ4v) is 2.84. The lowest BCUT2D eigenvalue weighted by molar-refractivity contribution is 0.152. The molecule has 4 heteroatoms. The first-order valence-corrected chi connectivity index (χ1v) is 7.39. The summed E-state index contributed by atoms with van der Waals surface area (Å²) >= 11 is 0. The van der Waals surface area contributed by atoms with E-state index in [1.807, 2.05) is 13.0 Å². The van der Waals surface area contributed by atoms with E-state index in [2.05, 4.69) is 30.0 Å². The molecule has 20 heavy (non-hydrogen) atoms. The first-order chi connectivity index (χ1) is 9.20. The van der Waals surface area contributed by atoms with Gasteiger partial charge >= 0.3 is 0 Å². The van der Waals surface area contributed by atoms with Crippen molar-refractivity contribution in [2.75, 3.05) is 19.7 Å². The van der Waals surface area contributed by atoms with Crippen molar-refractivity contribution in [1.29, 1.82) is 0 Å². The molecule has 0 saturated carbocycles. The molecule has 1 aliphatic rings. The topological polar surface area (TPSA) is 38.5 Å². The summed E-state index contributed by atoms with van der Waals surface area (Å²) in [5.74, 6) is 1.65. The van der Waals surface area contributed by atoms with Gasteiger partial charge in [0.15, 0.2) is 0 Å². The predicted octanol–water partition coefficient (Wildman–Crippen LogP) is 3.07. The molecule has 114 valence electrons. The number of piperidine rings is 1. The lowest BCUT2D eigenvalue weighted by Crippen LogP contribution is -2.41. The molecule has 0 spiro atoms. The molecule has 2 rings (SSSR count). The minimum atomic E-state index is 0. The Kier molecular flexibility index (Phi) is 7.35. The quantitative estimate of drug-likeness (QED) is 0.908. The molecular formula is C16H27ClN2O. The van der Waals surface area contributed by atoms with Gasteiger partial charge in [-0.1, -0.05) is 18.2 Å². The molecular weight excluding hydrogens is 272 g/mol. The number of nitrogens with two attached hydrogens (primary N) is 1. The maximum atomic E-state index is 6.05. The molecule has 0 aromatic heterocycles. The van der Waals surface area contributed by atoms with Gasteiger partial charge in [0.2, 0.25) is 0 Å². The van der Waals surface area contributed by atoms with Gasteiger partial charge in [0.25, 0.3) is 0 Å². The zero-order valence-corrected chi connectivity index (χ0v) is 13.4. The summed E-state index contributed by atoms with van der Waals surface area (Å²) < 4.78 is 5.70. The van der Waals surface area contributed by atoms with E-state index in [4.69, 9.17) is 10.5 Å². The van der Waals surface area contributed by atoms with Gasteiger partial charge < -0.3 is 10.5 Å². The van der Waals surface area contributed by atoms with Crippen LogP contribution in [0.2, 0.25) is 0 Å². The second-order valence-corrected chi connectivity index (χ2v) is 5.54. The van der Waals surface area contributed by atoms with Crippen molar-refractivity contribution in [3.8, 4) is 5.75 Å². The van der Waals surface area contributed by atoms with Crippen LogP contribution in [0.15, 0.2) is 24.3 Å². The summed E-state index contributed by atoms with van der Waals surface area (Å²) in [5.41, 5.74) is 7.34. The van der Waals surface area contributed by atoms with Crippen LogP contribution >= 0.6 is 12.4 Å². The SMILES string of the molecule is CCOc1ccccc1CN1CCCC(C(C)N)C1.Cl. The van der Waals surface area contributed by atoms with Crippen LogP contribution in [0.3, 0.4) is 0 Å². The largest absolute Gasteiger partial charge is 0.494 e. The third-order valence-corrected chi connectivity index (χ3v) is 3.95. The minimum absolute atomic E-state index is 0. The number of hydrogen-bond donors (Lipinski definition) is 1. The van der Waals surface area contributed by atoms with E-state index in [0.717, 1.165) is 25.4 Å². The summed E-state index contributed by atoms with van der Waals surface area (Å²) in [7, 11) is 0. The van der Waals surface area contributed by atoms with Gasteiger partial charge in [-0.3, -0.25) is 4.90 Å². The van der Waals surface area contributed by atoms with Crippen molar-refractivity contribution < 1.29 is 4.74 Å². The molecule has 3 nitrogen and oxygen atoms in total. The summed E-state index contributed by atoms with van der Waals surface area (Å²) in [6.07, 6.45) is 2.52. The zero-order chi connectivity index (χ0) is 13.7. The number of hydrogen-bond acceptors (Lipinski definition) is 3. The van der Waals surface area contributed by atoms with Gasteiger partial charge in [-0.15, -0.1) is 12.4 Å². The van der Waals surface area contributed by atoms with E-state index in [0.29, 0.717) is 12.0 Å². The Hall–Kier alpha value is -0.770. The maximum absolute atomic E-state index is 6.05. The van der Waals surface area contributed by atoms with Crippen LogP contribution in [0.25, 0.3) is 0 Å². The van der Waals surface area contributed by atoms with Crippen molar-refractivity contribution in [3.05, 3.63) is 29.8 Å². The molecule has 2 atom stereocenters. The summed E-state index contributed by atoms with van der Waals surface area (Å²) in [5, 5.41) is 0. The van der Waals surface area contributed by atoms with E-state index < -0.39 is 0 Å². The van der Waals surface area contributed by atoms with Crippen LogP contribution in [-0.2, 0) is 6.54 Å². The average molecular weight is 299 g/mol. The fourth-order valence-electron chi connectivity index (χ4n) is 2.84. The van der Waals surface area contributed by atoms with Crippen molar-refractivity contribution in [1.82, 2.24) is 4.90 Å². The zero-order valence-electron chi connectivity index (χ0n) is 12.5.